The van der Waals surface area contributed by atoms with Crippen molar-refractivity contribution in [3.63, 3.8) is 0 Å². The normalized spacial score (nSPS) is 9.83. The number of rotatable bonds is 3. The SMILES string of the molecule is Cc1cccc(C(=O)Nc2ccccc2C=O)c1. The molecule has 1 amide bonds. The quantitative estimate of drug-likeness (QED) is 0.837. The van der Waals surface area contributed by atoms with Crippen molar-refractivity contribution in [2.45, 2.75) is 6.92 Å². The summed E-state index contributed by atoms with van der Waals surface area (Å²) in [5, 5.41) is 2.73. The van der Waals surface area contributed by atoms with Gasteiger partial charge >= 0.3 is 0 Å². The lowest BCUT2D eigenvalue weighted by molar-refractivity contribution is 0.102. The summed E-state index contributed by atoms with van der Waals surface area (Å²) in [6.45, 7) is 1.93. The van der Waals surface area contributed by atoms with Crippen LogP contribution in [0.3, 0.4) is 0 Å². The van der Waals surface area contributed by atoms with E-state index >= 15 is 0 Å². The fraction of sp³-hybridized carbons (Fsp3) is 0.0667. The van der Waals surface area contributed by atoms with Crippen LogP contribution in [-0.4, -0.2) is 12.2 Å². The molecule has 0 unspecified atom stereocenters. The van der Waals surface area contributed by atoms with Gasteiger partial charge in [-0.2, -0.15) is 0 Å². The van der Waals surface area contributed by atoms with E-state index in [4.69, 9.17) is 0 Å². The highest BCUT2D eigenvalue weighted by Gasteiger charge is 2.08. The number of nitrogens with one attached hydrogen (secondary N) is 1. The fourth-order valence-corrected chi connectivity index (χ4v) is 1.69. The highest BCUT2D eigenvalue weighted by molar-refractivity contribution is 6.06. The Labute approximate surface area is 105 Å². The first kappa shape index (κ1) is 12.0. The molecule has 0 bridgehead atoms. The minimum Gasteiger partial charge on any atom is -0.321 e. The van der Waals surface area contributed by atoms with Gasteiger partial charge in [0, 0.05) is 11.1 Å². The number of carbonyl (C=O) groups is 2. The number of carbonyl (C=O) groups excluding carboxylic acids is 2. The molecule has 90 valence electrons. The molecule has 0 radical (unpaired) electrons. The first-order valence-corrected chi connectivity index (χ1v) is 5.63. The average Bonchev–Trinajstić information content (AvgIpc) is 2.39. The van der Waals surface area contributed by atoms with E-state index in [1.165, 1.54) is 0 Å². The molecular weight excluding hydrogens is 226 g/mol. The molecule has 2 aromatic rings. The largest absolute Gasteiger partial charge is 0.321 e. The number of amides is 1. The molecule has 2 rings (SSSR count). The van der Waals surface area contributed by atoms with Gasteiger partial charge in [0.1, 0.15) is 0 Å². The third kappa shape index (κ3) is 2.63. The van der Waals surface area contributed by atoms with Crippen LogP contribution >= 0.6 is 0 Å². The number of aryl methyl sites for hydroxylation is 1. The summed E-state index contributed by atoms with van der Waals surface area (Å²) in [7, 11) is 0. The van der Waals surface area contributed by atoms with E-state index in [1.54, 1.807) is 36.4 Å². The Bertz CT molecular complexity index is 591. The average molecular weight is 239 g/mol. The second-order valence-electron chi connectivity index (χ2n) is 4.03. The molecule has 0 aliphatic rings. The van der Waals surface area contributed by atoms with Gasteiger partial charge in [-0.3, -0.25) is 9.59 Å². The van der Waals surface area contributed by atoms with Crippen molar-refractivity contribution in [3.05, 3.63) is 65.2 Å². The predicted molar refractivity (Wildman–Crippen MR) is 71.0 cm³/mol. The molecule has 0 fully saturated rings. The fourth-order valence-electron chi connectivity index (χ4n) is 1.69. The number of hydrogen-bond donors (Lipinski definition) is 1. The molecule has 3 nitrogen and oxygen atoms in total. The zero-order valence-electron chi connectivity index (χ0n) is 10.0. The van der Waals surface area contributed by atoms with Crippen molar-refractivity contribution in [2.24, 2.45) is 0 Å². The first-order chi connectivity index (χ1) is 8.70. The maximum Gasteiger partial charge on any atom is 0.255 e. The van der Waals surface area contributed by atoms with Crippen LogP contribution in [0.1, 0.15) is 26.3 Å². The highest BCUT2D eigenvalue weighted by Crippen LogP contribution is 2.14. The molecule has 0 atom stereocenters. The number of anilines is 1. The van der Waals surface area contributed by atoms with Crippen LogP contribution in [0.25, 0.3) is 0 Å². The van der Waals surface area contributed by atoms with Crippen LogP contribution in [0.15, 0.2) is 48.5 Å². The summed E-state index contributed by atoms with van der Waals surface area (Å²) >= 11 is 0. The Balaban J connectivity index is 2.24. The zero-order chi connectivity index (χ0) is 13.0. The van der Waals surface area contributed by atoms with Crippen LogP contribution in [0.2, 0.25) is 0 Å². The van der Waals surface area contributed by atoms with Gasteiger partial charge in [-0.15, -0.1) is 0 Å². The Kier molecular flexibility index (Phi) is 3.53. The minimum atomic E-state index is -0.215. The van der Waals surface area contributed by atoms with Crippen LogP contribution in [0, 0.1) is 6.92 Å². The summed E-state index contributed by atoms with van der Waals surface area (Å²) in [6.07, 6.45) is 0.728. The van der Waals surface area contributed by atoms with E-state index < -0.39 is 0 Å². The lowest BCUT2D eigenvalue weighted by atomic mass is 10.1. The number of para-hydroxylation sites is 1. The van der Waals surface area contributed by atoms with Crippen LogP contribution in [0.5, 0.6) is 0 Å². The van der Waals surface area contributed by atoms with Gasteiger partial charge in [0.25, 0.3) is 5.91 Å². The van der Waals surface area contributed by atoms with Gasteiger partial charge in [-0.05, 0) is 31.2 Å². The molecule has 0 heterocycles. The van der Waals surface area contributed by atoms with Crippen molar-refractivity contribution in [3.8, 4) is 0 Å². The smallest absolute Gasteiger partial charge is 0.255 e. The van der Waals surface area contributed by atoms with Crippen molar-refractivity contribution < 1.29 is 9.59 Å². The van der Waals surface area contributed by atoms with Crippen molar-refractivity contribution in [1.82, 2.24) is 0 Å². The van der Waals surface area contributed by atoms with Crippen LogP contribution < -0.4 is 5.32 Å². The third-order valence-corrected chi connectivity index (χ3v) is 2.62. The van der Waals surface area contributed by atoms with Crippen molar-refractivity contribution >= 4 is 17.9 Å². The second kappa shape index (κ2) is 5.27. The van der Waals surface area contributed by atoms with E-state index in [1.807, 2.05) is 19.1 Å². The third-order valence-electron chi connectivity index (χ3n) is 2.62. The van der Waals surface area contributed by atoms with Crippen molar-refractivity contribution in [1.29, 1.82) is 0 Å². The zero-order valence-corrected chi connectivity index (χ0v) is 10.0. The van der Waals surface area contributed by atoms with Gasteiger partial charge in [0.05, 0.1) is 5.69 Å². The molecule has 1 N–H and O–H groups in total. The molecule has 3 heteroatoms. The molecule has 0 aliphatic heterocycles. The maximum atomic E-state index is 12.0. The highest BCUT2D eigenvalue weighted by atomic mass is 16.1. The first-order valence-electron chi connectivity index (χ1n) is 5.63. The Morgan fingerprint density at radius 3 is 2.61 bits per heavy atom. The monoisotopic (exact) mass is 239 g/mol. The summed E-state index contributed by atoms with van der Waals surface area (Å²) in [5.41, 5.74) is 2.60. The summed E-state index contributed by atoms with van der Waals surface area (Å²) in [4.78, 5) is 22.9. The number of hydrogen-bond acceptors (Lipinski definition) is 2. The molecule has 0 saturated carbocycles. The molecule has 0 spiro atoms. The summed E-state index contributed by atoms with van der Waals surface area (Å²) < 4.78 is 0. The molecule has 0 aliphatic carbocycles. The second-order valence-corrected chi connectivity index (χ2v) is 4.03. The lowest BCUT2D eigenvalue weighted by Crippen LogP contribution is -2.13. The van der Waals surface area contributed by atoms with Gasteiger partial charge in [0.15, 0.2) is 6.29 Å². The Morgan fingerprint density at radius 2 is 1.89 bits per heavy atom. The summed E-state index contributed by atoms with van der Waals surface area (Å²) in [5.74, 6) is -0.215. The van der Waals surface area contributed by atoms with Crippen LogP contribution in [-0.2, 0) is 0 Å². The molecule has 0 saturated heterocycles. The lowest BCUT2D eigenvalue weighted by Gasteiger charge is -2.07. The molecule has 18 heavy (non-hydrogen) atoms. The van der Waals surface area contributed by atoms with E-state index in [0.717, 1.165) is 11.8 Å². The molecular formula is C15H13NO2. The Hall–Kier alpha value is -2.42. The molecule has 0 aromatic heterocycles. The van der Waals surface area contributed by atoms with Gasteiger partial charge in [0.2, 0.25) is 0 Å². The van der Waals surface area contributed by atoms with Gasteiger partial charge in [-0.25, -0.2) is 0 Å². The van der Waals surface area contributed by atoms with E-state index in [-0.39, 0.29) is 5.91 Å². The van der Waals surface area contributed by atoms with Crippen LogP contribution in [0.4, 0.5) is 5.69 Å². The van der Waals surface area contributed by atoms with E-state index in [2.05, 4.69) is 5.32 Å². The van der Waals surface area contributed by atoms with Gasteiger partial charge in [-0.1, -0.05) is 29.8 Å². The predicted octanol–water partition coefficient (Wildman–Crippen LogP) is 3.06. The van der Waals surface area contributed by atoms with Gasteiger partial charge < -0.3 is 5.32 Å². The Morgan fingerprint density at radius 1 is 1.11 bits per heavy atom. The number of benzene rings is 2. The van der Waals surface area contributed by atoms with Crippen molar-refractivity contribution in [2.75, 3.05) is 5.32 Å². The molecule has 2 aromatic carbocycles. The topological polar surface area (TPSA) is 46.2 Å². The minimum absolute atomic E-state index is 0.215. The summed E-state index contributed by atoms with van der Waals surface area (Å²) in [6, 6.07) is 14.2. The maximum absolute atomic E-state index is 12.0. The van der Waals surface area contributed by atoms with E-state index in [9.17, 15) is 9.59 Å². The number of aldehydes is 1. The van der Waals surface area contributed by atoms with E-state index in [0.29, 0.717) is 16.8 Å². The standard InChI is InChI=1S/C15H13NO2/c1-11-5-4-7-12(9-11)15(18)16-14-8-3-2-6-13(14)10-17/h2-10H,1H3,(H,16,18).